The Morgan fingerprint density at radius 2 is 1.72 bits per heavy atom. The molecule has 6 heteroatoms. The molecule has 2 aliphatic rings. The number of benzene rings is 2. The first-order valence-corrected chi connectivity index (χ1v) is 11.6. The SMILES string of the molecule is CCCCC1CCC(C(=O)N2CC(=O)Nc3ccc(F)cc3[C@H]2c2ccc(F)cc2)CC1. The number of hydrogen-bond acceptors (Lipinski definition) is 2. The van der Waals surface area contributed by atoms with Crippen molar-refractivity contribution in [1.82, 2.24) is 4.90 Å². The molecule has 1 fully saturated rings. The second kappa shape index (κ2) is 9.80. The van der Waals surface area contributed by atoms with E-state index in [1.54, 1.807) is 17.0 Å². The lowest BCUT2D eigenvalue weighted by Crippen LogP contribution is -2.43. The molecule has 1 saturated carbocycles. The van der Waals surface area contributed by atoms with Gasteiger partial charge in [-0.3, -0.25) is 9.59 Å². The van der Waals surface area contributed by atoms with Gasteiger partial charge in [0.25, 0.3) is 0 Å². The standard InChI is InChI=1S/C26H30F2N2O2/c1-2-3-4-17-5-7-19(8-6-17)26(32)30-16-24(31)29-23-14-13-21(28)15-22(23)25(30)18-9-11-20(27)12-10-18/h9-15,17,19,25H,2-8,16H2,1H3,(H,29,31)/t17?,19?,25-/m1/s1. The van der Waals surface area contributed by atoms with E-state index in [0.717, 1.165) is 25.7 Å². The molecule has 0 radical (unpaired) electrons. The summed E-state index contributed by atoms with van der Waals surface area (Å²) in [5.41, 5.74) is 1.64. The van der Waals surface area contributed by atoms with Crippen LogP contribution in [-0.4, -0.2) is 23.3 Å². The fourth-order valence-electron chi connectivity index (χ4n) is 5.11. The average molecular weight is 441 g/mol. The van der Waals surface area contributed by atoms with E-state index in [0.29, 0.717) is 22.7 Å². The third-order valence-corrected chi connectivity index (χ3v) is 6.84. The second-order valence-corrected chi connectivity index (χ2v) is 9.06. The first-order chi connectivity index (χ1) is 15.5. The largest absolute Gasteiger partial charge is 0.324 e. The molecule has 2 aromatic rings. The molecular weight excluding hydrogens is 410 g/mol. The number of anilines is 1. The zero-order valence-corrected chi connectivity index (χ0v) is 18.4. The highest BCUT2D eigenvalue weighted by Gasteiger charge is 2.37. The molecule has 1 atom stereocenters. The van der Waals surface area contributed by atoms with E-state index in [2.05, 4.69) is 12.2 Å². The van der Waals surface area contributed by atoms with Gasteiger partial charge in [-0.1, -0.05) is 38.3 Å². The fraction of sp³-hybridized carbons (Fsp3) is 0.462. The van der Waals surface area contributed by atoms with Crippen molar-refractivity contribution in [3.8, 4) is 0 Å². The van der Waals surface area contributed by atoms with Gasteiger partial charge < -0.3 is 10.2 Å². The van der Waals surface area contributed by atoms with E-state index in [4.69, 9.17) is 0 Å². The molecule has 0 saturated heterocycles. The highest BCUT2D eigenvalue weighted by molar-refractivity contribution is 5.97. The lowest BCUT2D eigenvalue weighted by molar-refractivity contribution is -0.141. The van der Waals surface area contributed by atoms with Crippen molar-refractivity contribution < 1.29 is 18.4 Å². The van der Waals surface area contributed by atoms with Gasteiger partial charge in [0.05, 0.1) is 6.04 Å². The molecule has 1 heterocycles. The lowest BCUT2D eigenvalue weighted by Gasteiger charge is -2.36. The Morgan fingerprint density at radius 3 is 2.41 bits per heavy atom. The van der Waals surface area contributed by atoms with Crippen molar-refractivity contribution in [2.45, 2.75) is 57.9 Å². The van der Waals surface area contributed by atoms with Crippen molar-refractivity contribution in [2.24, 2.45) is 11.8 Å². The van der Waals surface area contributed by atoms with Gasteiger partial charge in [-0.25, -0.2) is 8.78 Å². The molecule has 2 amide bonds. The molecule has 4 rings (SSSR count). The van der Waals surface area contributed by atoms with Crippen LogP contribution in [0.25, 0.3) is 0 Å². The Balaban J connectivity index is 1.66. The molecule has 0 bridgehead atoms. The first-order valence-electron chi connectivity index (χ1n) is 11.6. The van der Waals surface area contributed by atoms with Gasteiger partial charge in [0, 0.05) is 17.2 Å². The van der Waals surface area contributed by atoms with Gasteiger partial charge in [0.15, 0.2) is 0 Å². The predicted molar refractivity (Wildman–Crippen MR) is 120 cm³/mol. The molecule has 1 N–H and O–H groups in total. The summed E-state index contributed by atoms with van der Waals surface area (Å²) < 4.78 is 27.8. The summed E-state index contributed by atoms with van der Waals surface area (Å²) in [6, 6.07) is 9.37. The number of nitrogens with zero attached hydrogens (tertiary/aromatic N) is 1. The van der Waals surface area contributed by atoms with E-state index in [9.17, 15) is 18.4 Å². The first kappa shape index (κ1) is 22.4. The van der Waals surface area contributed by atoms with Crippen molar-refractivity contribution in [2.75, 3.05) is 11.9 Å². The molecule has 32 heavy (non-hydrogen) atoms. The highest BCUT2D eigenvalue weighted by atomic mass is 19.1. The van der Waals surface area contributed by atoms with Crippen LogP contribution in [0.5, 0.6) is 0 Å². The van der Waals surface area contributed by atoms with Crippen molar-refractivity contribution >= 4 is 17.5 Å². The summed E-state index contributed by atoms with van der Waals surface area (Å²) in [5.74, 6) is -0.726. The minimum atomic E-state index is -0.662. The van der Waals surface area contributed by atoms with Crippen LogP contribution in [-0.2, 0) is 9.59 Å². The summed E-state index contributed by atoms with van der Waals surface area (Å²) in [6.45, 7) is 2.07. The van der Waals surface area contributed by atoms with Gasteiger partial charge in [-0.2, -0.15) is 0 Å². The van der Waals surface area contributed by atoms with Gasteiger partial charge >= 0.3 is 0 Å². The van der Waals surface area contributed by atoms with Crippen LogP contribution in [0.3, 0.4) is 0 Å². The number of unbranched alkanes of at least 4 members (excludes halogenated alkanes) is 1. The Kier molecular flexibility index (Phi) is 6.87. The second-order valence-electron chi connectivity index (χ2n) is 9.06. The van der Waals surface area contributed by atoms with Crippen LogP contribution in [0, 0.1) is 23.5 Å². The van der Waals surface area contributed by atoms with Gasteiger partial charge in [-0.05, 0) is 67.5 Å². The van der Waals surface area contributed by atoms with Crippen LogP contribution in [0.15, 0.2) is 42.5 Å². The number of carbonyl (C=O) groups is 2. The third-order valence-electron chi connectivity index (χ3n) is 6.84. The zero-order valence-electron chi connectivity index (χ0n) is 18.4. The maximum absolute atomic E-state index is 14.2. The van der Waals surface area contributed by atoms with Crippen LogP contribution in [0.1, 0.15) is 69.0 Å². The Hall–Kier alpha value is -2.76. The summed E-state index contributed by atoms with van der Waals surface area (Å²) >= 11 is 0. The number of carbonyl (C=O) groups excluding carboxylic acids is 2. The number of halogens is 2. The molecule has 0 spiro atoms. The highest BCUT2D eigenvalue weighted by Crippen LogP contribution is 2.39. The predicted octanol–water partition coefficient (Wildman–Crippen LogP) is 5.83. The maximum atomic E-state index is 14.2. The van der Waals surface area contributed by atoms with Gasteiger partial charge in [0.2, 0.25) is 11.8 Å². The maximum Gasteiger partial charge on any atom is 0.244 e. The van der Waals surface area contributed by atoms with E-state index < -0.39 is 11.9 Å². The summed E-state index contributed by atoms with van der Waals surface area (Å²) in [6.07, 6.45) is 7.23. The summed E-state index contributed by atoms with van der Waals surface area (Å²) in [7, 11) is 0. The number of hydrogen-bond donors (Lipinski definition) is 1. The van der Waals surface area contributed by atoms with Crippen LogP contribution >= 0.6 is 0 Å². The molecule has 0 aromatic heterocycles. The summed E-state index contributed by atoms with van der Waals surface area (Å²) in [4.78, 5) is 27.9. The number of nitrogens with one attached hydrogen (secondary N) is 1. The minimum absolute atomic E-state index is 0.0828. The monoisotopic (exact) mass is 440 g/mol. The Bertz CT molecular complexity index is 968. The Labute approximate surface area is 188 Å². The summed E-state index contributed by atoms with van der Waals surface area (Å²) in [5, 5.41) is 2.81. The molecular formula is C26H30F2N2O2. The van der Waals surface area contributed by atoms with Crippen molar-refractivity contribution in [1.29, 1.82) is 0 Å². The molecule has 1 aliphatic heterocycles. The fourth-order valence-corrected chi connectivity index (χ4v) is 5.11. The normalized spacial score (nSPS) is 23.3. The number of rotatable bonds is 5. The quantitative estimate of drug-likeness (QED) is 0.636. The van der Waals surface area contributed by atoms with E-state index in [1.807, 2.05) is 0 Å². The third kappa shape index (κ3) is 4.84. The average Bonchev–Trinajstić information content (AvgIpc) is 2.94. The molecule has 4 nitrogen and oxygen atoms in total. The van der Waals surface area contributed by atoms with E-state index in [-0.39, 0.29) is 30.1 Å². The van der Waals surface area contributed by atoms with Gasteiger partial charge in [-0.15, -0.1) is 0 Å². The zero-order chi connectivity index (χ0) is 22.7. The van der Waals surface area contributed by atoms with E-state index in [1.165, 1.54) is 49.6 Å². The van der Waals surface area contributed by atoms with Crippen molar-refractivity contribution in [3.05, 3.63) is 65.2 Å². The van der Waals surface area contributed by atoms with Crippen LogP contribution < -0.4 is 5.32 Å². The van der Waals surface area contributed by atoms with Crippen molar-refractivity contribution in [3.63, 3.8) is 0 Å². The minimum Gasteiger partial charge on any atom is -0.324 e. The van der Waals surface area contributed by atoms with Gasteiger partial charge in [0.1, 0.15) is 18.2 Å². The Morgan fingerprint density at radius 1 is 1.03 bits per heavy atom. The smallest absolute Gasteiger partial charge is 0.244 e. The van der Waals surface area contributed by atoms with Crippen LogP contribution in [0.4, 0.5) is 14.5 Å². The molecule has 1 aliphatic carbocycles. The molecule has 170 valence electrons. The topological polar surface area (TPSA) is 49.4 Å². The van der Waals surface area contributed by atoms with E-state index >= 15 is 0 Å². The molecule has 2 aromatic carbocycles. The lowest BCUT2D eigenvalue weighted by atomic mass is 9.79. The molecule has 0 unspecified atom stereocenters. The van der Waals surface area contributed by atoms with Crippen LogP contribution in [0.2, 0.25) is 0 Å². The number of fused-ring (bicyclic) bond motifs is 1. The number of amides is 2.